The van der Waals surface area contributed by atoms with E-state index in [0.717, 1.165) is 0 Å². The summed E-state index contributed by atoms with van der Waals surface area (Å²) in [6.45, 7) is 0. The zero-order valence-corrected chi connectivity index (χ0v) is 11.1. The number of nitrogens with one attached hydrogen (secondary N) is 3. The molecule has 0 unspecified atom stereocenters. The standard InChI is InChI=1S/C14H10FN3OS/c15-8-6-10(12-11(7-8)17-14(20)18-12)13(19)16-9-4-2-1-3-5-9/h1-7H,(H,16,19)(H2,17,18,20). The smallest absolute Gasteiger partial charge is 0.257 e. The van der Waals surface area contributed by atoms with Crippen molar-refractivity contribution >= 4 is 34.8 Å². The summed E-state index contributed by atoms with van der Waals surface area (Å²) in [5, 5.41) is 2.71. The number of imidazole rings is 1. The lowest BCUT2D eigenvalue weighted by Gasteiger charge is -2.06. The minimum Gasteiger partial charge on any atom is -0.331 e. The van der Waals surface area contributed by atoms with E-state index < -0.39 is 11.7 Å². The molecule has 0 fully saturated rings. The molecule has 1 aromatic heterocycles. The van der Waals surface area contributed by atoms with E-state index in [4.69, 9.17) is 12.2 Å². The molecule has 4 nitrogen and oxygen atoms in total. The van der Waals surface area contributed by atoms with E-state index in [-0.39, 0.29) is 5.56 Å². The van der Waals surface area contributed by atoms with E-state index in [0.29, 0.717) is 21.5 Å². The largest absolute Gasteiger partial charge is 0.331 e. The molecule has 0 atom stereocenters. The topological polar surface area (TPSA) is 60.7 Å². The van der Waals surface area contributed by atoms with E-state index in [1.807, 2.05) is 6.07 Å². The first-order valence-electron chi connectivity index (χ1n) is 5.91. The number of rotatable bonds is 2. The van der Waals surface area contributed by atoms with Crippen LogP contribution in [0.15, 0.2) is 42.5 Å². The minimum absolute atomic E-state index is 0.205. The molecule has 0 saturated heterocycles. The van der Waals surface area contributed by atoms with Gasteiger partial charge in [0.1, 0.15) is 5.82 Å². The monoisotopic (exact) mass is 287 g/mol. The Kier molecular flexibility index (Phi) is 3.08. The number of amides is 1. The van der Waals surface area contributed by atoms with E-state index >= 15 is 0 Å². The molecule has 1 amide bonds. The Morgan fingerprint density at radius 1 is 1.15 bits per heavy atom. The van der Waals surface area contributed by atoms with Crippen molar-refractivity contribution in [3.05, 3.63) is 58.6 Å². The lowest BCUT2D eigenvalue weighted by Crippen LogP contribution is -2.12. The molecule has 0 radical (unpaired) electrons. The number of fused-ring (bicyclic) bond motifs is 1. The van der Waals surface area contributed by atoms with Gasteiger partial charge in [-0.3, -0.25) is 4.79 Å². The molecule has 0 aliphatic heterocycles. The molecule has 6 heteroatoms. The van der Waals surface area contributed by atoms with E-state index in [9.17, 15) is 9.18 Å². The van der Waals surface area contributed by atoms with Gasteiger partial charge >= 0.3 is 0 Å². The fraction of sp³-hybridized carbons (Fsp3) is 0. The Morgan fingerprint density at radius 3 is 2.65 bits per heavy atom. The van der Waals surface area contributed by atoms with Crippen molar-refractivity contribution in [2.75, 3.05) is 5.32 Å². The van der Waals surface area contributed by atoms with Crippen LogP contribution < -0.4 is 5.32 Å². The predicted molar refractivity (Wildman–Crippen MR) is 77.8 cm³/mol. The van der Waals surface area contributed by atoms with Crippen molar-refractivity contribution < 1.29 is 9.18 Å². The second-order valence-corrected chi connectivity index (χ2v) is 4.68. The molecular weight excluding hydrogens is 277 g/mol. The Bertz CT molecular complexity index is 838. The van der Waals surface area contributed by atoms with Gasteiger partial charge < -0.3 is 15.3 Å². The van der Waals surface area contributed by atoms with Crippen LogP contribution in [0.2, 0.25) is 0 Å². The summed E-state index contributed by atoms with van der Waals surface area (Å²) in [5.74, 6) is -0.896. The van der Waals surface area contributed by atoms with Gasteiger partial charge in [-0.15, -0.1) is 0 Å². The van der Waals surface area contributed by atoms with Crippen LogP contribution in [0.4, 0.5) is 10.1 Å². The maximum absolute atomic E-state index is 13.6. The number of benzene rings is 2. The first kappa shape index (κ1) is 12.6. The van der Waals surface area contributed by atoms with Crippen molar-refractivity contribution in [1.29, 1.82) is 0 Å². The molecular formula is C14H10FN3OS. The van der Waals surface area contributed by atoms with Crippen molar-refractivity contribution in [2.24, 2.45) is 0 Å². The highest BCUT2D eigenvalue weighted by Crippen LogP contribution is 2.19. The molecule has 3 aromatic rings. The summed E-state index contributed by atoms with van der Waals surface area (Å²) in [6, 6.07) is 11.4. The molecule has 0 spiro atoms. The molecule has 100 valence electrons. The van der Waals surface area contributed by atoms with Gasteiger partial charge in [-0.1, -0.05) is 18.2 Å². The normalized spacial score (nSPS) is 10.7. The Labute approximate surface area is 118 Å². The van der Waals surface area contributed by atoms with E-state index in [1.54, 1.807) is 24.3 Å². The highest BCUT2D eigenvalue weighted by Gasteiger charge is 2.14. The molecule has 0 aliphatic carbocycles. The second kappa shape index (κ2) is 4.90. The minimum atomic E-state index is -0.499. The molecule has 20 heavy (non-hydrogen) atoms. The van der Waals surface area contributed by atoms with Crippen LogP contribution in [-0.4, -0.2) is 15.9 Å². The Morgan fingerprint density at radius 2 is 1.90 bits per heavy atom. The summed E-state index contributed by atoms with van der Waals surface area (Å²) in [4.78, 5) is 17.9. The fourth-order valence-electron chi connectivity index (χ4n) is 2.01. The van der Waals surface area contributed by atoms with Crippen LogP contribution in [0.5, 0.6) is 0 Å². The van der Waals surface area contributed by atoms with Crippen LogP contribution in [0.25, 0.3) is 11.0 Å². The Hall–Kier alpha value is -2.47. The first-order chi connectivity index (χ1) is 9.63. The zero-order chi connectivity index (χ0) is 14.1. The molecule has 0 aliphatic rings. The average Bonchev–Trinajstić information content (AvgIpc) is 2.78. The van der Waals surface area contributed by atoms with Gasteiger partial charge in [-0.05, 0) is 36.5 Å². The second-order valence-electron chi connectivity index (χ2n) is 4.28. The van der Waals surface area contributed by atoms with Crippen molar-refractivity contribution in [3.63, 3.8) is 0 Å². The third-order valence-electron chi connectivity index (χ3n) is 2.87. The van der Waals surface area contributed by atoms with Crippen molar-refractivity contribution in [3.8, 4) is 0 Å². The van der Waals surface area contributed by atoms with E-state index in [1.165, 1.54) is 12.1 Å². The van der Waals surface area contributed by atoms with Gasteiger partial charge in [-0.25, -0.2) is 4.39 Å². The number of aromatic nitrogens is 2. The molecule has 3 rings (SSSR count). The highest BCUT2D eigenvalue weighted by atomic mass is 32.1. The lowest BCUT2D eigenvalue weighted by atomic mass is 10.1. The number of para-hydroxylation sites is 1. The maximum Gasteiger partial charge on any atom is 0.257 e. The molecule has 1 heterocycles. The summed E-state index contributed by atoms with van der Waals surface area (Å²) in [7, 11) is 0. The molecule has 3 N–H and O–H groups in total. The van der Waals surface area contributed by atoms with Gasteiger partial charge in [0.25, 0.3) is 5.91 Å². The molecule has 0 saturated carbocycles. The zero-order valence-electron chi connectivity index (χ0n) is 10.2. The van der Waals surface area contributed by atoms with Gasteiger partial charge in [0.15, 0.2) is 4.77 Å². The van der Waals surface area contributed by atoms with Gasteiger partial charge in [0.05, 0.1) is 16.6 Å². The van der Waals surface area contributed by atoms with E-state index in [2.05, 4.69) is 15.3 Å². The number of H-pyrrole nitrogens is 2. The van der Waals surface area contributed by atoms with Crippen LogP contribution in [-0.2, 0) is 0 Å². The number of carbonyl (C=O) groups is 1. The quantitative estimate of drug-likeness (QED) is 0.630. The lowest BCUT2D eigenvalue weighted by molar-refractivity contribution is 0.102. The summed E-state index contributed by atoms with van der Waals surface area (Å²) >= 11 is 4.97. The van der Waals surface area contributed by atoms with Crippen molar-refractivity contribution in [2.45, 2.75) is 0 Å². The Balaban J connectivity index is 2.05. The molecule has 2 aromatic carbocycles. The number of hydrogen-bond acceptors (Lipinski definition) is 2. The van der Waals surface area contributed by atoms with Crippen LogP contribution in [0, 0.1) is 10.6 Å². The fourth-order valence-corrected chi connectivity index (χ4v) is 2.22. The van der Waals surface area contributed by atoms with Gasteiger partial charge in [0.2, 0.25) is 0 Å². The third-order valence-corrected chi connectivity index (χ3v) is 3.07. The van der Waals surface area contributed by atoms with Gasteiger partial charge in [-0.2, -0.15) is 0 Å². The first-order valence-corrected chi connectivity index (χ1v) is 6.32. The summed E-state index contributed by atoms with van der Waals surface area (Å²) in [5.41, 5.74) is 1.80. The SMILES string of the molecule is O=C(Nc1ccccc1)c1cc(F)cc2[nH]c(=S)[nH]c12. The third kappa shape index (κ3) is 2.33. The molecule has 0 bridgehead atoms. The summed E-state index contributed by atoms with van der Waals surface area (Å²) < 4.78 is 13.9. The number of halogens is 1. The number of hydrogen-bond donors (Lipinski definition) is 3. The van der Waals surface area contributed by atoms with Crippen LogP contribution in [0.1, 0.15) is 10.4 Å². The average molecular weight is 287 g/mol. The van der Waals surface area contributed by atoms with Crippen molar-refractivity contribution in [1.82, 2.24) is 9.97 Å². The summed E-state index contributed by atoms with van der Waals surface area (Å²) in [6.07, 6.45) is 0. The predicted octanol–water partition coefficient (Wildman–Crippen LogP) is 3.62. The number of carbonyl (C=O) groups excluding carboxylic acids is 1. The highest BCUT2D eigenvalue weighted by molar-refractivity contribution is 7.71. The maximum atomic E-state index is 13.6. The number of aromatic amines is 2. The number of anilines is 1. The van der Waals surface area contributed by atoms with Gasteiger partial charge in [0, 0.05) is 5.69 Å². The van der Waals surface area contributed by atoms with Crippen LogP contribution >= 0.6 is 12.2 Å². The van der Waals surface area contributed by atoms with Crippen LogP contribution in [0.3, 0.4) is 0 Å².